The number of nitrogens with one attached hydrogen (secondary N) is 1. The van der Waals surface area contributed by atoms with E-state index in [1.54, 1.807) is 4.90 Å². The van der Waals surface area contributed by atoms with Crippen molar-refractivity contribution in [1.29, 1.82) is 0 Å². The van der Waals surface area contributed by atoms with Crippen molar-refractivity contribution in [3.8, 4) is 0 Å². The molecule has 1 fully saturated rings. The number of nitrogens with zero attached hydrogens (tertiary/aromatic N) is 2. The van der Waals surface area contributed by atoms with Crippen molar-refractivity contribution in [2.75, 3.05) is 33.2 Å². The van der Waals surface area contributed by atoms with Crippen LogP contribution < -0.4 is 5.32 Å². The van der Waals surface area contributed by atoms with Crippen molar-refractivity contribution in [2.45, 2.75) is 19.9 Å². The molecule has 5 heteroatoms. The van der Waals surface area contributed by atoms with E-state index in [-0.39, 0.29) is 24.4 Å². The second kappa shape index (κ2) is 6.72. The molecule has 2 amide bonds. The highest BCUT2D eigenvalue weighted by atomic mass is 16.2. The van der Waals surface area contributed by atoms with Gasteiger partial charge < -0.3 is 10.2 Å². The van der Waals surface area contributed by atoms with Gasteiger partial charge in [0, 0.05) is 19.1 Å². The third-order valence-corrected chi connectivity index (χ3v) is 4.00. The number of aryl methyl sites for hydroxylation is 1. The molecule has 1 aliphatic rings. The van der Waals surface area contributed by atoms with Crippen molar-refractivity contribution in [2.24, 2.45) is 0 Å². The molecule has 1 N–H and O–H groups in total. The number of amides is 2. The van der Waals surface area contributed by atoms with Crippen LogP contribution in [-0.4, -0.2) is 54.8 Å². The lowest BCUT2D eigenvalue weighted by Gasteiger charge is -2.30. The number of hydrogen-bond donors (Lipinski definition) is 1. The first-order valence-electron chi connectivity index (χ1n) is 7.28. The summed E-state index contributed by atoms with van der Waals surface area (Å²) in [5.74, 6) is -0.0739. The highest BCUT2D eigenvalue weighted by molar-refractivity contribution is 5.86. The van der Waals surface area contributed by atoms with Gasteiger partial charge in [0.1, 0.15) is 0 Å². The van der Waals surface area contributed by atoms with E-state index in [0.717, 1.165) is 0 Å². The van der Waals surface area contributed by atoms with Crippen molar-refractivity contribution in [3.63, 3.8) is 0 Å². The van der Waals surface area contributed by atoms with E-state index in [2.05, 4.69) is 43.4 Å². The zero-order valence-electron chi connectivity index (χ0n) is 12.9. The number of rotatable bonds is 4. The van der Waals surface area contributed by atoms with Crippen molar-refractivity contribution in [1.82, 2.24) is 15.1 Å². The predicted molar refractivity (Wildman–Crippen MR) is 81.8 cm³/mol. The summed E-state index contributed by atoms with van der Waals surface area (Å²) in [6, 6.07) is 8.51. The summed E-state index contributed by atoms with van der Waals surface area (Å²) in [4.78, 5) is 27.2. The lowest BCUT2D eigenvalue weighted by atomic mass is 10.1. The Hall–Kier alpha value is -1.88. The van der Waals surface area contributed by atoms with E-state index in [0.29, 0.717) is 19.6 Å². The Morgan fingerprint density at radius 3 is 2.67 bits per heavy atom. The Labute approximate surface area is 125 Å². The molecule has 0 aromatic heterocycles. The van der Waals surface area contributed by atoms with Crippen LogP contribution in [0.1, 0.15) is 24.1 Å². The van der Waals surface area contributed by atoms with Crippen molar-refractivity contribution < 1.29 is 9.59 Å². The van der Waals surface area contributed by atoms with E-state index in [1.165, 1.54) is 11.1 Å². The molecular weight excluding hydrogens is 266 g/mol. The molecule has 0 spiro atoms. The van der Waals surface area contributed by atoms with Gasteiger partial charge in [0.25, 0.3) is 0 Å². The first kappa shape index (κ1) is 15.5. The molecule has 1 atom stereocenters. The largest absolute Gasteiger partial charge is 0.353 e. The molecule has 0 aliphatic carbocycles. The van der Waals surface area contributed by atoms with Crippen LogP contribution in [0.5, 0.6) is 0 Å². The Morgan fingerprint density at radius 2 is 2.05 bits per heavy atom. The van der Waals surface area contributed by atoms with Crippen LogP contribution in [0.3, 0.4) is 0 Å². The minimum atomic E-state index is -0.0798. The lowest BCUT2D eigenvalue weighted by Crippen LogP contribution is -2.52. The third-order valence-electron chi connectivity index (χ3n) is 4.00. The zero-order chi connectivity index (χ0) is 15.4. The second-order valence-electron chi connectivity index (χ2n) is 5.67. The van der Waals surface area contributed by atoms with Gasteiger partial charge in [0.2, 0.25) is 11.8 Å². The highest BCUT2D eigenvalue weighted by Gasteiger charge is 2.23. The first-order valence-corrected chi connectivity index (χ1v) is 7.28. The molecule has 114 valence electrons. The van der Waals surface area contributed by atoms with Crippen LogP contribution in [0.25, 0.3) is 0 Å². The van der Waals surface area contributed by atoms with Crippen molar-refractivity contribution >= 4 is 11.8 Å². The second-order valence-corrected chi connectivity index (χ2v) is 5.67. The molecule has 0 radical (unpaired) electrons. The molecule has 1 aromatic rings. The van der Waals surface area contributed by atoms with Crippen LogP contribution in [0, 0.1) is 6.92 Å². The maximum atomic E-state index is 12.2. The van der Waals surface area contributed by atoms with E-state index < -0.39 is 0 Å². The average Bonchev–Trinajstić information content (AvgIpc) is 2.47. The fourth-order valence-corrected chi connectivity index (χ4v) is 2.40. The standard InChI is InChI=1S/C16H23N3O2/c1-12-4-6-14(7-5-12)13(2)18(3)11-16(21)19-9-8-17-15(20)10-19/h4-7,13H,8-11H2,1-3H3,(H,17,20). The van der Waals surface area contributed by atoms with Crippen LogP contribution >= 0.6 is 0 Å². The van der Waals surface area contributed by atoms with E-state index >= 15 is 0 Å². The topological polar surface area (TPSA) is 52.7 Å². The van der Waals surface area contributed by atoms with Gasteiger partial charge in [-0.25, -0.2) is 0 Å². The summed E-state index contributed by atoms with van der Waals surface area (Å²) in [7, 11) is 1.94. The summed E-state index contributed by atoms with van der Waals surface area (Å²) in [6.07, 6.45) is 0. The normalized spacial score (nSPS) is 16.8. The van der Waals surface area contributed by atoms with Gasteiger partial charge in [0.15, 0.2) is 0 Å². The molecule has 2 rings (SSSR count). The Kier molecular flexibility index (Phi) is 4.96. The third kappa shape index (κ3) is 4.04. The molecule has 0 saturated carbocycles. The summed E-state index contributed by atoms with van der Waals surface area (Å²) in [5, 5.41) is 2.73. The Balaban J connectivity index is 1.93. The van der Waals surface area contributed by atoms with Gasteiger partial charge in [-0.1, -0.05) is 29.8 Å². The molecule has 21 heavy (non-hydrogen) atoms. The van der Waals surface area contributed by atoms with Gasteiger partial charge in [-0.3, -0.25) is 14.5 Å². The number of carbonyl (C=O) groups is 2. The molecule has 1 unspecified atom stereocenters. The highest BCUT2D eigenvalue weighted by Crippen LogP contribution is 2.19. The van der Waals surface area contributed by atoms with Crippen LogP contribution in [0.4, 0.5) is 0 Å². The monoisotopic (exact) mass is 289 g/mol. The lowest BCUT2D eigenvalue weighted by molar-refractivity contribution is -0.139. The number of carbonyl (C=O) groups excluding carboxylic acids is 2. The molecule has 5 nitrogen and oxygen atoms in total. The Morgan fingerprint density at radius 1 is 1.38 bits per heavy atom. The van der Waals surface area contributed by atoms with E-state index in [9.17, 15) is 9.59 Å². The van der Waals surface area contributed by atoms with Gasteiger partial charge >= 0.3 is 0 Å². The number of hydrogen-bond acceptors (Lipinski definition) is 3. The van der Waals surface area contributed by atoms with Gasteiger partial charge in [-0.15, -0.1) is 0 Å². The molecule has 0 bridgehead atoms. The zero-order valence-corrected chi connectivity index (χ0v) is 12.9. The predicted octanol–water partition coefficient (Wildman–Crippen LogP) is 0.946. The van der Waals surface area contributed by atoms with Crippen LogP contribution in [-0.2, 0) is 9.59 Å². The average molecular weight is 289 g/mol. The SMILES string of the molecule is Cc1ccc(C(C)N(C)CC(=O)N2CCNC(=O)C2)cc1. The van der Waals surface area contributed by atoms with Crippen LogP contribution in [0.15, 0.2) is 24.3 Å². The molecule has 1 saturated heterocycles. The minimum Gasteiger partial charge on any atom is -0.353 e. The summed E-state index contributed by atoms with van der Waals surface area (Å²) in [5.41, 5.74) is 2.41. The van der Waals surface area contributed by atoms with Crippen LogP contribution in [0.2, 0.25) is 0 Å². The molecular formula is C16H23N3O2. The summed E-state index contributed by atoms with van der Waals surface area (Å²) in [6.45, 7) is 5.77. The summed E-state index contributed by atoms with van der Waals surface area (Å²) < 4.78 is 0. The quantitative estimate of drug-likeness (QED) is 0.898. The number of benzene rings is 1. The molecule has 1 heterocycles. The molecule has 1 aromatic carbocycles. The van der Waals surface area contributed by atoms with Gasteiger partial charge in [-0.2, -0.15) is 0 Å². The summed E-state index contributed by atoms with van der Waals surface area (Å²) >= 11 is 0. The van der Waals surface area contributed by atoms with Crippen molar-refractivity contribution in [3.05, 3.63) is 35.4 Å². The maximum Gasteiger partial charge on any atom is 0.239 e. The fourth-order valence-electron chi connectivity index (χ4n) is 2.40. The van der Waals surface area contributed by atoms with E-state index in [1.807, 2.05) is 11.9 Å². The maximum absolute atomic E-state index is 12.2. The molecule has 1 aliphatic heterocycles. The van der Waals surface area contributed by atoms with E-state index in [4.69, 9.17) is 0 Å². The van der Waals surface area contributed by atoms with Gasteiger partial charge in [0.05, 0.1) is 13.1 Å². The first-order chi connectivity index (χ1) is 9.97. The fraction of sp³-hybridized carbons (Fsp3) is 0.500. The number of piperazine rings is 1. The number of likely N-dealkylation sites (N-methyl/N-ethyl adjacent to an activating group) is 1. The minimum absolute atomic E-state index is 0.00584. The Bertz CT molecular complexity index is 513. The smallest absolute Gasteiger partial charge is 0.239 e. The van der Waals surface area contributed by atoms with Gasteiger partial charge in [-0.05, 0) is 26.5 Å².